The zero-order valence-corrected chi connectivity index (χ0v) is 15.8. The molecule has 2 aromatic carbocycles. The van der Waals surface area contributed by atoms with Crippen LogP contribution in [0, 0.1) is 6.92 Å². The number of furan rings is 1. The van der Waals surface area contributed by atoms with Gasteiger partial charge in [-0.15, -0.1) is 0 Å². The Morgan fingerprint density at radius 1 is 1.07 bits per heavy atom. The van der Waals surface area contributed by atoms with Crippen LogP contribution in [0.2, 0.25) is 0 Å². The van der Waals surface area contributed by atoms with E-state index in [9.17, 15) is 4.79 Å². The molecule has 1 aliphatic heterocycles. The number of anilines is 2. The molecule has 0 spiro atoms. The maximum absolute atomic E-state index is 12.6. The first-order valence-corrected chi connectivity index (χ1v) is 9.74. The van der Waals surface area contributed by atoms with Gasteiger partial charge in [0.15, 0.2) is 0 Å². The van der Waals surface area contributed by atoms with Crippen molar-refractivity contribution in [1.82, 2.24) is 0 Å². The first-order valence-electron chi connectivity index (χ1n) is 9.74. The standard InChI is InChI=1S/C24H22N2O2/c1-14-6-8-15(9-7-14)23-17-4-2-3-5-21(17)28-22(23)13-19-18-12-16(25)10-11-20(18)26-24(19)27/h6-13H,2-5,25H2,1H3,(H,26,27). The predicted molar refractivity (Wildman–Crippen MR) is 113 cm³/mol. The van der Waals surface area contributed by atoms with Gasteiger partial charge in [-0.2, -0.15) is 0 Å². The fraction of sp³-hybridized carbons (Fsp3) is 0.208. The first-order chi connectivity index (χ1) is 13.6. The summed E-state index contributed by atoms with van der Waals surface area (Å²) in [7, 11) is 0. The number of fused-ring (bicyclic) bond motifs is 2. The lowest BCUT2D eigenvalue weighted by Gasteiger charge is -2.11. The Hall–Kier alpha value is -3.27. The molecule has 28 heavy (non-hydrogen) atoms. The average Bonchev–Trinajstić information content (AvgIpc) is 3.20. The minimum absolute atomic E-state index is 0.121. The lowest BCUT2D eigenvalue weighted by molar-refractivity contribution is -0.110. The monoisotopic (exact) mass is 370 g/mol. The number of nitrogens with two attached hydrogens (primary N) is 1. The van der Waals surface area contributed by atoms with Crippen LogP contribution in [0.15, 0.2) is 46.9 Å². The van der Waals surface area contributed by atoms with Crippen LogP contribution in [0.1, 0.15) is 41.1 Å². The molecule has 1 amide bonds. The van der Waals surface area contributed by atoms with E-state index in [-0.39, 0.29) is 5.91 Å². The number of carbonyl (C=O) groups is 1. The molecule has 3 N–H and O–H groups in total. The van der Waals surface area contributed by atoms with E-state index in [1.165, 1.54) is 17.5 Å². The summed E-state index contributed by atoms with van der Waals surface area (Å²) in [6.07, 6.45) is 6.16. The zero-order valence-electron chi connectivity index (χ0n) is 15.8. The normalized spacial score (nSPS) is 16.8. The van der Waals surface area contributed by atoms with Crippen LogP contribution in [-0.2, 0) is 17.6 Å². The molecule has 0 unspecified atom stereocenters. The van der Waals surface area contributed by atoms with Gasteiger partial charge >= 0.3 is 0 Å². The summed E-state index contributed by atoms with van der Waals surface area (Å²) in [5, 5.41) is 2.92. The Labute approximate surface area is 164 Å². The van der Waals surface area contributed by atoms with Crippen LogP contribution in [-0.4, -0.2) is 5.91 Å². The molecule has 2 aliphatic rings. The fourth-order valence-corrected chi connectivity index (χ4v) is 4.21. The van der Waals surface area contributed by atoms with Gasteiger partial charge in [0.1, 0.15) is 11.5 Å². The number of hydrogen-bond acceptors (Lipinski definition) is 3. The van der Waals surface area contributed by atoms with Crippen LogP contribution >= 0.6 is 0 Å². The summed E-state index contributed by atoms with van der Waals surface area (Å²) in [6.45, 7) is 2.09. The van der Waals surface area contributed by atoms with Crippen LogP contribution in [0.4, 0.5) is 11.4 Å². The van der Waals surface area contributed by atoms with Crippen molar-refractivity contribution >= 4 is 28.9 Å². The van der Waals surface area contributed by atoms with Gasteiger partial charge in [-0.05, 0) is 56.0 Å². The maximum atomic E-state index is 12.6. The van der Waals surface area contributed by atoms with Crippen molar-refractivity contribution in [3.63, 3.8) is 0 Å². The van der Waals surface area contributed by atoms with E-state index in [0.717, 1.165) is 53.2 Å². The van der Waals surface area contributed by atoms with Crippen molar-refractivity contribution in [2.45, 2.75) is 32.6 Å². The van der Waals surface area contributed by atoms with Crippen LogP contribution in [0.25, 0.3) is 22.8 Å². The molecule has 0 saturated carbocycles. The van der Waals surface area contributed by atoms with Crippen LogP contribution < -0.4 is 11.1 Å². The van der Waals surface area contributed by atoms with Gasteiger partial charge in [-0.3, -0.25) is 4.79 Å². The third kappa shape index (κ3) is 2.73. The number of carbonyl (C=O) groups excluding carboxylic acids is 1. The number of rotatable bonds is 2. The van der Waals surface area contributed by atoms with E-state index in [1.807, 2.05) is 18.2 Å². The molecule has 0 saturated heterocycles. The summed E-state index contributed by atoms with van der Waals surface area (Å²) in [4.78, 5) is 12.6. The zero-order chi connectivity index (χ0) is 19.3. The van der Waals surface area contributed by atoms with Crippen molar-refractivity contribution in [1.29, 1.82) is 0 Å². The lowest BCUT2D eigenvalue weighted by Crippen LogP contribution is -2.03. The second-order valence-corrected chi connectivity index (χ2v) is 7.63. The third-order valence-corrected chi connectivity index (χ3v) is 5.64. The van der Waals surface area contributed by atoms with Gasteiger partial charge in [0.05, 0.1) is 5.57 Å². The van der Waals surface area contributed by atoms with E-state index < -0.39 is 0 Å². The fourth-order valence-electron chi connectivity index (χ4n) is 4.21. The SMILES string of the molecule is Cc1ccc(-c2c(C=C3C(=O)Nc4ccc(N)cc43)oc3c2CCCC3)cc1. The van der Waals surface area contributed by atoms with Crippen molar-refractivity contribution < 1.29 is 9.21 Å². The van der Waals surface area contributed by atoms with Crippen molar-refractivity contribution in [2.24, 2.45) is 0 Å². The summed E-state index contributed by atoms with van der Waals surface area (Å²) < 4.78 is 6.29. The predicted octanol–water partition coefficient (Wildman–Crippen LogP) is 5.21. The molecule has 3 aromatic rings. The van der Waals surface area contributed by atoms with E-state index in [1.54, 1.807) is 6.07 Å². The van der Waals surface area contributed by atoms with Crippen molar-refractivity contribution in [3.8, 4) is 11.1 Å². The number of nitrogens with one attached hydrogen (secondary N) is 1. The molecule has 4 heteroatoms. The van der Waals surface area contributed by atoms with Gasteiger partial charge in [0.2, 0.25) is 0 Å². The second-order valence-electron chi connectivity index (χ2n) is 7.63. The number of amides is 1. The highest BCUT2D eigenvalue weighted by Gasteiger charge is 2.28. The van der Waals surface area contributed by atoms with Crippen molar-refractivity contribution in [3.05, 3.63) is 70.7 Å². The van der Waals surface area contributed by atoms with Gasteiger partial charge in [0.25, 0.3) is 5.91 Å². The number of benzene rings is 2. The number of nitrogen functional groups attached to an aromatic ring is 1. The highest BCUT2D eigenvalue weighted by molar-refractivity contribution is 6.35. The Balaban J connectivity index is 1.70. The Bertz CT molecular complexity index is 1120. The second kappa shape index (κ2) is 6.41. The molecule has 1 aromatic heterocycles. The van der Waals surface area contributed by atoms with E-state index in [4.69, 9.17) is 10.2 Å². The number of hydrogen-bond donors (Lipinski definition) is 2. The molecule has 0 bridgehead atoms. The van der Waals surface area contributed by atoms with E-state index >= 15 is 0 Å². The van der Waals surface area contributed by atoms with Crippen LogP contribution in [0.3, 0.4) is 0 Å². The summed E-state index contributed by atoms with van der Waals surface area (Å²) in [6, 6.07) is 14.0. The third-order valence-electron chi connectivity index (χ3n) is 5.64. The van der Waals surface area contributed by atoms with Gasteiger partial charge in [0, 0.05) is 34.5 Å². The molecule has 1 aliphatic carbocycles. The summed E-state index contributed by atoms with van der Waals surface area (Å²) >= 11 is 0. The minimum atomic E-state index is -0.121. The summed E-state index contributed by atoms with van der Waals surface area (Å²) in [5.41, 5.74) is 13.6. The molecule has 140 valence electrons. The molecule has 0 radical (unpaired) electrons. The molecular formula is C24H22N2O2. The van der Waals surface area contributed by atoms with E-state index in [2.05, 4.69) is 36.5 Å². The average molecular weight is 370 g/mol. The van der Waals surface area contributed by atoms with Gasteiger partial charge in [-0.1, -0.05) is 29.8 Å². The Morgan fingerprint density at radius 3 is 2.68 bits per heavy atom. The molecule has 2 heterocycles. The molecular weight excluding hydrogens is 348 g/mol. The molecule has 0 atom stereocenters. The summed E-state index contributed by atoms with van der Waals surface area (Å²) in [5.74, 6) is 1.70. The quantitative estimate of drug-likeness (QED) is 0.481. The Morgan fingerprint density at radius 2 is 1.86 bits per heavy atom. The smallest absolute Gasteiger partial charge is 0.256 e. The van der Waals surface area contributed by atoms with Crippen LogP contribution in [0.5, 0.6) is 0 Å². The highest BCUT2D eigenvalue weighted by Crippen LogP contribution is 2.41. The minimum Gasteiger partial charge on any atom is -0.461 e. The molecule has 0 fully saturated rings. The molecule has 5 rings (SSSR count). The Kier molecular flexibility index (Phi) is 3.86. The van der Waals surface area contributed by atoms with Gasteiger partial charge in [-0.25, -0.2) is 0 Å². The first kappa shape index (κ1) is 16.9. The molecule has 4 nitrogen and oxygen atoms in total. The largest absolute Gasteiger partial charge is 0.461 e. The van der Waals surface area contributed by atoms with Gasteiger partial charge < -0.3 is 15.5 Å². The number of aryl methyl sites for hydroxylation is 2. The van der Waals surface area contributed by atoms with E-state index in [0.29, 0.717) is 11.3 Å². The highest BCUT2D eigenvalue weighted by atomic mass is 16.3. The topological polar surface area (TPSA) is 68.3 Å². The van der Waals surface area contributed by atoms with Crippen molar-refractivity contribution in [2.75, 3.05) is 11.1 Å². The lowest BCUT2D eigenvalue weighted by atomic mass is 9.90. The maximum Gasteiger partial charge on any atom is 0.256 e.